The number of carbonyl (C=O) groups is 1. The number of rotatable bonds is 5. The van der Waals surface area contributed by atoms with Crippen molar-refractivity contribution in [3.05, 3.63) is 204 Å². The summed E-state index contributed by atoms with van der Waals surface area (Å²) in [6.07, 6.45) is 13.5. The van der Waals surface area contributed by atoms with E-state index in [0.717, 1.165) is 127 Å². The van der Waals surface area contributed by atoms with Gasteiger partial charge in [-0.25, -0.2) is 0 Å². The number of hydrogen-bond acceptors (Lipinski definition) is 6. The topological polar surface area (TPSA) is 69.5 Å². The third-order valence-electron chi connectivity index (χ3n) is 14.5. The van der Waals surface area contributed by atoms with Gasteiger partial charge in [-0.1, -0.05) is 183 Å². The molecule has 3 atom stereocenters. The van der Waals surface area contributed by atoms with E-state index in [4.69, 9.17) is 24.2 Å². The van der Waals surface area contributed by atoms with E-state index in [1.165, 1.54) is 23.6 Å². The van der Waals surface area contributed by atoms with Crippen LogP contribution < -0.4 is 9.47 Å². The molecule has 71 heavy (non-hydrogen) atoms. The highest BCUT2D eigenvalue weighted by Gasteiger charge is 2.30. The molecule has 0 aromatic heterocycles. The van der Waals surface area contributed by atoms with Crippen LogP contribution in [0, 0.1) is 0 Å². The molecule has 0 spiro atoms. The summed E-state index contributed by atoms with van der Waals surface area (Å²) < 4.78 is 20.8. The second-order valence-corrected chi connectivity index (χ2v) is 19.0. The van der Waals surface area contributed by atoms with Gasteiger partial charge in [0.25, 0.3) is 0 Å². The number of allylic oxidation sites excluding steroid dienone is 2. The highest BCUT2D eigenvalue weighted by atomic mass is 16.7. The highest BCUT2D eigenvalue weighted by Crippen LogP contribution is 2.50. The number of benzene rings is 9. The number of carbonyl (C=O) groups excluding carboxylic acids is 1. The standard InChI is InChI=1S/C65H54N2O4/c1-42(68)70-59-36-37-69-64-49(38-47-24-10-14-28-53(47)62(64)60-51-26-12-8-22-45(51)32-34-55(60)43-18-4-2-5-19-43)40-66-57-30-16-17-31-58(57)67-41-50-39-48-25-11-15-29-54(48)63(65(50)71-59)61-52-27-13-9-23-46(52)33-35-56(61)44-20-6-3-7-21-44/h2-15,18-21,23-25,27-29,32-35,38-41,57-59H,16-17,22,26,30-31,36-37H2,1H3/b66-40+,67-41+/t57-,58?,59?/m0/s1. The van der Waals surface area contributed by atoms with Crippen molar-refractivity contribution < 1.29 is 19.0 Å². The number of fused-ring (bicyclic) bond motifs is 7. The number of hydrogen-bond donors (Lipinski definition) is 0. The highest BCUT2D eigenvalue weighted by molar-refractivity contribution is 6.15. The van der Waals surface area contributed by atoms with E-state index in [9.17, 15) is 4.79 Å². The number of nitrogens with zero attached hydrogens (tertiary/aromatic N) is 2. The third kappa shape index (κ3) is 8.58. The minimum absolute atomic E-state index is 0.0526. The summed E-state index contributed by atoms with van der Waals surface area (Å²) in [5.74, 6) is 0.901. The van der Waals surface area contributed by atoms with Crippen molar-refractivity contribution in [2.24, 2.45) is 9.98 Å². The Kier molecular flexibility index (Phi) is 12.0. The molecule has 9 aromatic carbocycles. The van der Waals surface area contributed by atoms with Crippen LogP contribution in [0.2, 0.25) is 0 Å². The number of aliphatic imine (C=N–C) groups is 2. The van der Waals surface area contributed by atoms with Crippen LogP contribution >= 0.6 is 0 Å². The van der Waals surface area contributed by atoms with Crippen molar-refractivity contribution in [2.45, 2.75) is 70.2 Å². The molecular formula is C65H54N2O4. The van der Waals surface area contributed by atoms with Gasteiger partial charge in [0.05, 0.1) is 25.1 Å². The van der Waals surface area contributed by atoms with Gasteiger partial charge in [0, 0.05) is 47.2 Å². The normalized spacial score (nSPS) is 18.6. The molecule has 2 unspecified atom stereocenters. The molecule has 9 aromatic rings. The maximum Gasteiger partial charge on any atom is 0.305 e. The Morgan fingerprint density at radius 3 is 1.68 bits per heavy atom. The van der Waals surface area contributed by atoms with E-state index in [-0.39, 0.29) is 25.1 Å². The van der Waals surface area contributed by atoms with E-state index < -0.39 is 12.3 Å². The van der Waals surface area contributed by atoms with Crippen LogP contribution in [0.15, 0.2) is 192 Å². The molecule has 0 radical (unpaired) electrons. The summed E-state index contributed by atoms with van der Waals surface area (Å²) in [4.78, 5) is 24.2. The lowest BCUT2D eigenvalue weighted by molar-refractivity contribution is -0.162. The second-order valence-electron chi connectivity index (χ2n) is 19.0. The van der Waals surface area contributed by atoms with Gasteiger partial charge in [0.1, 0.15) is 11.5 Å². The SMILES string of the molecule is CC(=O)OC1CCOc2c(cc3ccccc3c2-c2c(-c3ccccc3)ccc3c2CC=CC3)/C=N/[C@H]2CCCCC2/N=C/c2cc3ccccc3c(-c3c(-c4ccccc4)ccc4ccccc34)c2O1. The summed E-state index contributed by atoms with van der Waals surface area (Å²) >= 11 is 0. The van der Waals surface area contributed by atoms with Crippen molar-refractivity contribution in [1.82, 2.24) is 0 Å². The fourth-order valence-corrected chi connectivity index (χ4v) is 11.2. The molecule has 0 N–H and O–H groups in total. The first-order valence-corrected chi connectivity index (χ1v) is 25.1. The van der Waals surface area contributed by atoms with E-state index in [0.29, 0.717) is 5.75 Å². The molecule has 6 nitrogen and oxygen atoms in total. The van der Waals surface area contributed by atoms with Crippen molar-refractivity contribution in [1.29, 1.82) is 0 Å². The molecule has 6 heteroatoms. The molecule has 1 saturated carbocycles. The van der Waals surface area contributed by atoms with Crippen LogP contribution in [0.3, 0.4) is 0 Å². The smallest absolute Gasteiger partial charge is 0.305 e. The predicted octanol–water partition coefficient (Wildman–Crippen LogP) is 15.4. The zero-order valence-electron chi connectivity index (χ0n) is 39.9. The zero-order valence-corrected chi connectivity index (χ0v) is 39.9. The van der Waals surface area contributed by atoms with Crippen LogP contribution in [-0.2, 0) is 22.4 Å². The molecule has 1 aliphatic heterocycles. The fourth-order valence-electron chi connectivity index (χ4n) is 11.2. The van der Waals surface area contributed by atoms with Crippen LogP contribution in [0.4, 0.5) is 0 Å². The Morgan fingerprint density at radius 1 is 0.521 bits per heavy atom. The Labute approximate surface area is 415 Å². The summed E-state index contributed by atoms with van der Waals surface area (Å²) in [5.41, 5.74) is 12.9. The zero-order chi connectivity index (χ0) is 47.7. The Bertz CT molecular complexity index is 3580. The first kappa shape index (κ1) is 44.1. The van der Waals surface area contributed by atoms with Gasteiger partial charge >= 0.3 is 5.97 Å². The minimum Gasteiger partial charge on any atom is -0.492 e. The maximum atomic E-state index is 13.3. The Hall–Kier alpha value is -8.09. The first-order valence-electron chi connectivity index (χ1n) is 25.1. The van der Waals surface area contributed by atoms with Gasteiger partial charge < -0.3 is 14.2 Å². The van der Waals surface area contributed by atoms with Gasteiger partial charge in [-0.05, 0) is 109 Å². The average Bonchev–Trinajstić information content (AvgIpc) is 3.42. The third-order valence-corrected chi connectivity index (χ3v) is 14.5. The fraction of sp³-hybridized carbons (Fsp3) is 0.185. The van der Waals surface area contributed by atoms with Gasteiger partial charge in [0.2, 0.25) is 6.29 Å². The van der Waals surface area contributed by atoms with E-state index in [1.54, 1.807) is 0 Å². The van der Waals surface area contributed by atoms with Crippen LogP contribution in [-0.4, -0.2) is 43.4 Å². The summed E-state index contributed by atoms with van der Waals surface area (Å²) in [7, 11) is 0. The van der Waals surface area contributed by atoms with Crippen LogP contribution in [0.25, 0.3) is 76.8 Å². The van der Waals surface area contributed by atoms with Gasteiger partial charge in [-0.15, -0.1) is 0 Å². The summed E-state index contributed by atoms with van der Waals surface area (Å²) in [6, 6.07) is 60.1. The Balaban J connectivity index is 1.08. The summed E-state index contributed by atoms with van der Waals surface area (Å²) in [6.45, 7) is 1.63. The van der Waals surface area contributed by atoms with Crippen molar-refractivity contribution in [3.8, 4) is 56.0 Å². The molecule has 2 aliphatic carbocycles. The molecule has 1 fully saturated rings. The molecular weight excluding hydrogens is 873 g/mol. The van der Waals surface area contributed by atoms with E-state index in [1.807, 2.05) is 18.5 Å². The number of esters is 1. The molecule has 0 saturated heterocycles. The molecule has 3 aliphatic rings. The monoisotopic (exact) mass is 926 g/mol. The molecule has 0 amide bonds. The Morgan fingerprint density at radius 2 is 1.04 bits per heavy atom. The van der Waals surface area contributed by atoms with E-state index in [2.05, 4.69) is 176 Å². The minimum atomic E-state index is -1.02. The molecule has 12 rings (SSSR count). The van der Waals surface area contributed by atoms with E-state index >= 15 is 0 Å². The maximum absolute atomic E-state index is 13.3. The molecule has 348 valence electrons. The largest absolute Gasteiger partial charge is 0.492 e. The van der Waals surface area contributed by atoms with Gasteiger partial charge in [-0.2, -0.15) is 0 Å². The van der Waals surface area contributed by atoms with Crippen molar-refractivity contribution in [3.63, 3.8) is 0 Å². The molecule has 1 heterocycles. The molecule has 0 bridgehead atoms. The summed E-state index contributed by atoms with van der Waals surface area (Å²) in [5, 5.41) is 6.47. The lowest BCUT2D eigenvalue weighted by Crippen LogP contribution is -2.27. The van der Waals surface area contributed by atoms with Crippen LogP contribution in [0.5, 0.6) is 11.5 Å². The average molecular weight is 927 g/mol. The second kappa shape index (κ2) is 19.4. The van der Waals surface area contributed by atoms with Crippen molar-refractivity contribution >= 4 is 50.7 Å². The number of ether oxygens (including phenoxy) is 3. The quantitative estimate of drug-likeness (QED) is 0.127. The van der Waals surface area contributed by atoms with Gasteiger partial charge in [0.15, 0.2) is 0 Å². The predicted molar refractivity (Wildman–Crippen MR) is 291 cm³/mol. The van der Waals surface area contributed by atoms with Crippen LogP contribution in [0.1, 0.15) is 61.3 Å². The lowest BCUT2D eigenvalue weighted by Gasteiger charge is -2.26. The first-order chi connectivity index (χ1) is 35.1. The lowest BCUT2D eigenvalue weighted by atomic mass is 9.81. The van der Waals surface area contributed by atoms with Gasteiger partial charge in [-0.3, -0.25) is 14.8 Å². The van der Waals surface area contributed by atoms with Crippen molar-refractivity contribution in [2.75, 3.05) is 6.61 Å².